The molecule has 0 saturated heterocycles. The molecular weight excluding hydrogens is 838 g/mol. The minimum atomic E-state index is -0.261. The monoisotopic (exact) mass is 883 g/mol. The predicted octanol–water partition coefficient (Wildman–Crippen LogP) is 12.5. The molecule has 52 heavy (non-hydrogen) atoms. The molecule has 3 aromatic heterocycles. The third kappa shape index (κ3) is 7.36. The Morgan fingerprint density at radius 3 is 2.02 bits per heavy atom. The zero-order valence-corrected chi connectivity index (χ0v) is 34.5. The van der Waals surface area contributed by atoms with Crippen LogP contribution >= 0.6 is 11.8 Å². The molecule has 1 N–H and O–H groups in total. The molecule has 0 aliphatic carbocycles. The largest absolute Gasteiger partial charge is 0.505 e. The number of rotatable bonds is 5. The molecule has 3 heterocycles. The van der Waals surface area contributed by atoms with Gasteiger partial charge in [-0.05, 0) is 62.9 Å². The first-order valence-electron chi connectivity index (χ1n) is 17.6. The summed E-state index contributed by atoms with van der Waals surface area (Å²) in [6.45, 7) is 19.8. The van der Waals surface area contributed by atoms with Crippen molar-refractivity contribution in [1.29, 1.82) is 0 Å². The second-order valence-electron chi connectivity index (χ2n) is 16.6. The minimum Gasteiger partial charge on any atom is -0.505 e. The summed E-state index contributed by atoms with van der Waals surface area (Å²) in [5.41, 5.74) is 9.41. The van der Waals surface area contributed by atoms with Crippen LogP contribution in [0.25, 0.3) is 50.0 Å². The first-order chi connectivity index (χ1) is 24.1. The standard InChI is InChI=1S/C46H46N3OS.Pt/c1-44(2,3)32-23-31(24-34(26-32)51-41-25-30(21-22-47-41)29-15-11-10-12-16-29)38-20-19-36-35-17-13-14-18-39(35)49(43(36)48-38)40-28-33(45(4,5)6)27-37(42(40)50)46(7,8)9;/h10-23,25-28,50H,1-9H3;/q-1;. The summed E-state index contributed by atoms with van der Waals surface area (Å²) in [4.78, 5) is 11.1. The number of phenols is 1. The summed E-state index contributed by atoms with van der Waals surface area (Å²) in [5, 5.41) is 15.1. The minimum absolute atomic E-state index is 0. The van der Waals surface area contributed by atoms with E-state index in [9.17, 15) is 5.11 Å². The zero-order valence-electron chi connectivity index (χ0n) is 31.4. The van der Waals surface area contributed by atoms with E-state index < -0.39 is 0 Å². The molecule has 7 rings (SSSR count). The van der Waals surface area contributed by atoms with Crippen molar-refractivity contribution in [3.63, 3.8) is 0 Å². The van der Waals surface area contributed by atoms with Crippen LogP contribution in [0.15, 0.2) is 119 Å². The fourth-order valence-corrected chi connectivity index (χ4v) is 7.46. The van der Waals surface area contributed by atoms with E-state index in [2.05, 4.69) is 170 Å². The van der Waals surface area contributed by atoms with Crippen LogP contribution in [0, 0.1) is 6.07 Å². The maximum Gasteiger partial charge on any atom is 0.143 e. The molecule has 0 unspecified atom stereocenters. The molecule has 6 heteroatoms. The van der Waals surface area contributed by atoms with Crippen LogP contribution in [0.5, 0.6) is 5.75 Å². The van der Waals surface area contributed by atoms with Gasteiger partial charge in [0.2, 0.25) is 0 Å². The zero-order chi connectivity index (χ0) is 36.3. The Bertz CT molecular complexity index is 2410. The Hall–Kier alpha value is -4.18. The molecule has 268 valence electrons. The van der Waals surface area contributed by atoms with Crippen LogP contribution in [-0.4, -0.2) is 19.6 Å². The van der Waals surface area contributed by atoms with Crippen molar-refractivity contribution in [1.82, 2.24) is 14.5 Å². The van der Waals surface area contributed by atoms with Crippen molar-refractivity contribution < 1.29 is 26.2 Å². The summed E-state index contributed by atoms with van der Waals surface area (Å²) in [5.74, 6) is 0.288. The Kier molecular flexibility index (Phi) is 10.1. The van der Waals surface area contributed by atoms with Crippen molar-refractivity contribution in [3.05, 3.63) is 132 Å². The number of nitrogens with zero attached hydrogens (tertiary/aromatic N) is 3. The number of fused-ring (bicyclic) bond motifs is 3. The number of hydrogen-bond acceptors (Lipinski definition) is 4. The molecule has 0 bridgehead atoms. The van der Waals surface area contributed by atoms with Gasteiger partial charge < -0.3 is 5.11 Å². The first kappa shape index (κ1) is 37.6. The van der Waals surface area contributed by atoms with Gasteiger partial charge in [-0.3, -0.25) is 9.55 Å². The van der Waals surface area contributed by atoms with Gasteiger partial charge in [-0.25, -0.2) is 4.98 Å². The normalized spacial score (nSPS) is 12.3. The molecule has 7 aromatic rings. The maximum atomic E-state index is 12.0. The Labute approximate surface area is 327 Å². The SMILES string of the molecule is CC(C)(C)c1cc(Sc2cc(-c3ccccc3)ccn2)[c-]c(-c2ccc3c4ccccc4n(-c4cc(C(C)(C)C)cc(C(C)(C)C)c4O)c3n2)c1.[Pt]. The van der Waals surface area contributed by atoms with Gasteiger partial charge >= 0.3 is 0 Å². The molecule has 0 atom stereocenters. The van der Waals surface area contributed by atoms with Gasteiger partial charge in [0.05, 0.1) is 16.2 Å². The van der Waals surface area contributed by atoms with E-state index in [0.29, 0.717) is 0 Å². The van der Waals surface area contributed by atoms with Gasteiger partial charge in [-0.15, -0.1) is 29.3 Å². The average molecular weight is 884 g/mol. The second-order valence-corrected chi connectivity index (χ2v) is 17.6. The number of para-hydroxylation sites is 1. The summed E-state index contributed by atoms with van der Waals surface area (Å²) < 4.78 is 2.15. The molecule has 0 aliphatic heterocycles. The number of pyridine rings is 2. The Morgan fingerprint density at radius 1 is 0.654 bits per heavy atom. The number of phenolic OH excluding ortho intramolecular Hbond substituents is 1. The van der Waals surface area contributed by atoms with Crippen molar-refractivity contribution >= 4 is 33.7 Å². The van der Waals surface area contributed by atoms with Gasteiger partial charge in [0.25, 0.3) is 0 Å². The third-order valence-corrected chi connectivity index (χ3v) is 10.4. The molecule has 4 aromatic carbocycles. The van der Waals surface area contributed by atoms with E-state index in [1.807, 2.05) is 12.3 Å². The van der Waals surface area contributed by atoms with Crippen LogP contribution in [0.2, 0.25) is 0 Å². The number of aromatic hydroxyl groups is 1. The molecule has 0 spiro atoms. The van der Waals surface area contributed by atoms with Crippen LogP contribution in [-0.2, 0) is 37.3 Å². The van der Waals surface area contributed by atoms with Crippen LogP contribution in [0.4, 0.5) is 0 Å². The molecule has 0 radical (unpaired) electrons. The van der Waals surface area contributed by atoms with E-state index in [0.717, 1.165) is 65.5 Å². The third-order valence-electron chi connectivity index (χ3n) is 9.57. The topological polar surface area (TPSA) is 50.9 Å². The first-order valence-corrected chi connectivity index (χ1v) is 18.5. The van der Waals surface area contributed by atoms with Gasteiger partial charge in [0, 0.05) is 43.6 Å². The van der Waals surface area contributed by atoms with Gasteiger partial charge in [0.15, 0.2) is 0 Å². The van der Waals surface area contributed by atoms with Gasteiger partial charge in [-0.1, -0.05) is 146 Å². The summed E-state index contributed by atoms with van der Waals surface area (Å²) >= 11 is 1.62. The van der Waals surface area contributed by atoms with Crippen molar-refractivity contribution in [3.8, 4) is 33.8 Å². The maximum absolute atomic E-state index is 12.0. The fourth-order valence-electron chi connectivity index (χ4n) is 6.59. The summed E-state index contributed by atoms with van der Waals surface area (Å²) in [7, 11) is 0. The van der Waals surface area contributed by atoms with E-state index in [-0.39, 0.29) is 43.1 Å². The quantitative estimate of drug-likeness (QED) is 0.175. The second kappa shape index (κ2) is 14.0. The van der Waals surface area contributed by atoms with E-state index in [4.69, 9.17) is 9.97 Å². The molecule has 0 saturated carbocycles. The van der Waals surface area contributed by atoms with Gasteiger partial charge in [0.1, 0.15) is 11.4 Å². The number of benzene rings is 4. The molecule has 0 amide bonds. The van der Waals surface area contributed by atoms with Crippen LogP contribution in [0.1, 0.15) is 79.0 Å². The average Bonchev–Trinajstić information content (AvgIpc) is 3.41. The molecule has 4 nitrogen and oxygen atoms in total. The van der Waals surface area contributed by atoms with E-state index >= 15 is 0 Å². The van der Waals surface area contributed by atoms with Gasteiger partial charge in [-0.2, -0.15) is 0 Å². The van der Waals surface area contributed by atoms with E-state index in [1.54, 1.807) is 11.8 Å². The molecule has 0 aliphatic rings. The molecular formula is C46H46N3OPtS-. The Morgan fingerprint density at radius 2 is 1.33 bits per heavy atom. The van der Waals surface area contributed by atoms with E-state index in [1.165, 1.54) is 11.1 Å². The predicted molar refractivity (Wildman–Crippen MR) is 214 cm³/mol. The van der Waals surface area contributed by atoms with Crippen molar-refractivity contribution in [2.75, 3.05) is 0 Å². The van der Waals surface area contributed by atoms with Crippen LogP contribution < -0.4 is 0 Å². The van der Waals surface area contributed by atoms with Crippen molar-refractivity contribution in [2.45, 2.75) is 88.5 Å². The smallest absolute Gasteiger partial charge is 0.143 e. The summed E-state index contributed by atoms with van der Waals surface area (Å²) in [6, 6.07) is 39.7. The van der Waals surface area contributed by atoms with Crippen LogP contribution in [0.3, 0.4) is 0 Å². The number of aromatic nitrogens is 3. The number of hydrogen-bond donors (Lipinski definition) is 1. The summed E-state index contributed by atoms with van der Waals surface area (Å²) in [6.07, 6.45) is 1.88. The fraction of sp³-hybridized carbons (Fsp3) is 0.261. The Balaban J connectivity index is 0.00000464. The molecule has 0 fully saturated rings. The van der Waals surface area contributed by atoms with Crippen molar-refractivity contribution in [2.24, 2.45) is 0 Å².